The summed E-state index contributed by atoms with van der Waals surface area (Å²) in [5, 5.41) is 3.10. The molecule has 0 aromatic heterocycles. The van der Waals surface area contributed by atoms with E-state index < -0.39 is 5.60 Å². The molecule has 1 N–H and O–H groups in total. The third-order valence-corrected chi connectivity index (χ3v) is 4.45. The number of amides is 1. The van der Waals surface area contributed by atoms with Crippen molar-refractivity contribution in [3.8, 4) is 0 Å². The molecule has 1 aliphatic rings. The molecule has 2 atom stereocenters. The van der Waals surface area contributed by atoms with Crippen molar-refractivity contribution in [2.45, 2.75) is 38.2 Å². The monoisotopic (exact) mass is 287 g/mol. The van der Waals surface area contributed by atoms with Crippen molar-refractivity contribution in [2.75, 3.05) is 13.7 Å². The predicted octanol–water partition coefficient (Wildman–Crippen LogP) is 3.41. The Bertz CT molecular complexity index is 477. The molecule has 0 radical (unpaired) electrons. The maximum atomic E-state index is 12.3. The zero-order chi connectivity index (χ0) is 15.1. The van der Waals surface area contributed by atoms with E-state index in [-0.39, 0.29) is 11.8 Å². The Kier molecular flexibility index (Phi) is 5.57. The van der Waals surface area contributed by atoms with Gasteiger partial charge < -0.3 is 10.1 Å². The third-order valence-electron chi connectivity index (χ3n) is 4.45. The van der Waals surface area contributed by atoms with E-state index in [1.54, 1.807) is 7.11 Å². The second-order valence-electron chi connectivity index (χ2n) is 5.62. The van der Waals surface area contributed by atoms with Crippen LogP contribution >= 0.6 is 0 Å². The van der Waals surface area contributed by atoms with Crippen LogP contribution in [0.1, 0.15) is 38.2 Å². The fourth-order valence-electron chi connectivity index (χ4n) is 2.91. The lowest BCUT2D eigenvalue weighted by atomic mass is 9.89. The first-order valence-corrected chi connectivity index (χ1v) is 7.75. The van der Waals surface area contributed by atoms with Gasteiger partial charge in [-0.2, -0.15) is 0 Å². The first kappa shape index (κ1) is 15.8. The van der Waals surface area contributed by atoms with E-state index in [9.17, 15) is 4.79 Å². The quantitative estimate of drug-likeness (QED) is 0.814. The molecular formula is C18H25NO2. The van der Waals surface area contributed by atoms with E-state index in [0.29, 0.717) is 6.54 Å². The van der Waals surface area contributed by atoms with Gasteiger partial charge >= 0.3 is 0 Å². The molecule has 1 aromatic rings. The standard InChI is InChI=1S/C18H25NO2/c1-3-18(21-2,16-12-8-5-9-13-16)14-19-17(20)15-10-6-4-7-11-15/h4-6,8-9,12-13,15H,3,7,10-11,14H2,1-2H3,(H,19,20)/t15-,18-/m1/s1. The lowest BCUT2D eigenvalue weighted by molar-refractivity contribution is -0.127. The summed E-state index contributed by atoms with van der Waals surface area (Å²) in [4.78, 5) is 12.3. The first-order valence-electron chi connectivity index (χ1n) is 7.75. The zero-order valence-corrected chi connectivity index (χ0v) is 13.0. The minimum absolute atomic E-state index is 0.109. The Balaban J connectivity index is 2.03. The summed E-state index contributed by atoms with van der Waals surface area (Å²) in [6.45, 7) is 2.61. The number of hydrogen-bond acceptors (Lipinski definition) is 2. The van der Waals surface area contributed by atoms with Gasteiger partial charge in [-0.15, -0.1) is 0 Å². The Morgan fingerprint density at radius 2 is 2.10 bits per heavy atom. The van der Waals surface area contributed by atoms with Crippen molar-refractivity contribution < 1.29 is 9.53 Å². The van der Waals surface area contributed by atoms with Crippen LogP contribution in [-0.4, -0.2) is 19.6 Å². The molecule has 1 amide bonds. The van der Waals surface area contributed by atoms with Gasteiger partial charge in [0.05, 0.1) is 6.54 Å². The van der Waals surface area contributed by atoms with Crippen molar-refractivity contribution in [3.63, 3.8) is 0 Å². The summed E-state index contributed by atoms with van der Waals surface area (Å²) < 4.78 is 5.78. The number of ether oxygens (including phenoxy) is 1. The van der Waals surface area contributed by atoms with E-state index in [1.165, 1.54) is 0 Å². The van der Waals surface area contributed by atoms with Crippen LogP contribution in [0.25, 0.3) is 0 Å². The highest BCUT2D eigenvalue weighted by Gasteiger charge is 2.31. The molecule has 0 spiro atoms. The Morgan fingerprint density at radius 1 is 1.33 bits per heavy atom. The third kappa shape index (κ3) is 3.73. The molecule has 3 heteroatoms. The van der Waals surface area contributed by atoms with Crippen molar-refractivity contribution in [1.82, 2.24) is 5.32 Å². The molecular weight excluding hydrogens is 262 g/mol. The molecule has 0 aliphatic heterocycles. The number of hydrogen-bond donors (Lipinski definition) is 1. The molecule has 1 aromatic carbocycles. The Morgan fingerprint density at radius 3 is 2.67 bits per heavy atom. The van der Waals surface area contributed by atoms with E-state index in [2.05, 4.69) is 36.5 Å². The van der Waals surface area contributed by atoms with Crippen molar-refractivity contribution in [3.05, 3.63) is 48.0 Å². The van der Waals surface area contributed by atoms with Crippen LogP contribution in [0, 0.1) is 5.92 Å². The van der Waals surface area contributed by atoms with Crippen LogP contribution < -0.4 is 5.32 Å². The van der Waals surface area contributed by atoms with Crippen molar-refractivity contribution in [2.24, 2.45) is 5.92 Å². The van der Waals surface area contributed by atoms with Crippen LogP contribution in [0.15, 0.2) is 42.5 Å². The van der Waals surface area contributed by atoms with Gasteiger partial charge in [0.1, 0.15) is 5.60 Å². The topological polar surface area (TPSA) is 38.3 Å². The van der Waals surface area contributed by atoms with Crippen LogP contribution in [0.4, 0.5) is 0 Å². The lowest BCUT2D eigenvalue weighted by Crippen LogP contribution is -2.44. The van der Waals surface area contributed by atoms with Gasteiger partial charge in [-0.05, 0) is 31.2 Å². The molecule has 0 bridgehead atoms. The predicted molar refractivity (Wildman–Crippen MR) is 84.9 cm³/mol. The highest BCUT2D eigenvalue weighted by molar-refractivity contribution is 5.79. The summed E-state index contributed by atoms with van der Waals surface area (Å²) >= 11 is 0. The van der Waals surface area contributed by atoms with E-state index in [0.717, 1.165) is 31.2 Å². The average molecular weight is 287 g/mol. The van der Waals surface area contributed by atoms with Gasteiger partial charge in [-0.25, -0.2) is 0 Å². The molecule has 21 heavy (non-hydrogen) atoms. The van der Waals surface area contributed by atoms with Gasteiger partial charge in [-0.1, -0.05) is 49.4 Å². The molecule has 114 valence electrons. The SMILES string of the molecule is CC[C@](CNC(=O)[C@@H]1CC=CCC1)(OC)c1ccccc1. The Hall–Kier alpha value is -1.61. The van der Waals surface area contributed by atoms with Crippen LogP contribution in [0.3, 0.4) is 0 Å². The fourth-order valence-corrected chi connectivity index (χ4v) is 2.91. The fraction of sp³-hybridized carbons (Fsp3) is 0.500. The number of carbonyl (C=O) groups excluding carboxylic acids is 1. The zero-order valence-electron chi connectivity index (χ0n) is 13.0. The first-order chi connectivity index (χ1) is 10.2. The lowest BCUT2D eigenvalue weighted by Gasteiger charge is -2.33. The molecule has 0 saturated heterocycles. The van der Waals surface area contributed by atoms with Gasteiger partial charge in [0.2, 0.25) is 5.91 Å². The van der Waals surface area contributed by atoms with Gasteiger partial charge in [0, 0.05) is 13.0 Å². The summed E-state index contributed by atoms with van der Waals surface area (Å²) in [7, 11) is 1.71. The number of benzene rings is 1. The highest BCUT2D eigenvalue weighted by Crippen LogP contribution is 2.28. The van der Waals surface area contributed by atoms with Crippen LogP contribution in [0.5, 0.6) is 0 Å². The molecule has 0 saturated carbocycles. The maximum absolute atomic E-state index is 12.3. The normalized spacial score (nSPS) is 20.8. The molecule has 0 heterocycles. The minimum Gasteiger partial charge on any atom is -0.372 e. The number of nitrogens with one attached hydrogen (secondary N) is 1. The highest BCUT2D eigenvalue weighted by atomic mass is 16.5. The van der Waals surface area contributed by atoms with Crippen LogP contribution in [0.2, 0.25) is 0 Å². The molecule has 0 unspecified atom stereocenters. The summed E-state index contributed by atoms with van der Waals surface area (Å²) in [5.41, 5.74) is 0.667. The Labute approximate surface area is 127 Å². The number of rotatable bonds is 6. The molecule has 0 fully saturated rings. The smallest absolute Gasteiger partial charge is 0.223 e. The molecule has 3 nitrogen and oxygen atoms in total. The molecule has 1 aliphatic carbocycles. The summed E-state index contributed by atoms with van der Waals surface area (Å²) in [6, 6.07) is 10.1. The largest absolute Gasteiger partial charge is 0.372 e. The average Bonchev–Trinajstić information content (AvgIpc) is 2.58. The minimum atomic E-state index is -0.443. The number of allylic oxidation sites excluding steroid dienone is 2. The van der Waals surface area contributed by atoms with E-state index in [4.69, 9.17) is 4.74 Å². The molecule has 2 rings (SSSR count). The van der Waals surface area contributed by atoms with Crippen molar-refractivity contribution >= 4 is 5.91 Å². The summed E-state index contributed by atoms with van der Waals surface area (Å²) in [6.07, 6.45) is 7.87. The maximum Gasteiger partial charge on any atom is 0.223 e. The van der Waals surface area contributed by atoms with E-state index in [1.807, 2.05) is 18.2 Å². The van der Waals surface area contributed by atoms with Gasteiger partial charge in [-0.3, -0.25) is 4.79 Å². The number of methoxy groups -OCH3 is 1. The van der Waals surface area contributed by atoms with Crippen molar-refractivity contribution in [1.29, 1.82) is 0 Å². The van der Waals surface area contributed by atoms with Gasteiger partial charge in [0.15, 0.2) is 0 Å². The number of carbonyl (C=O) groups is 1. The van der Waals surface area contributed by atoms with Gasteiger partial charge in [0.25, 0.3) is 0 Å². The second-order valence-corrected chi connectivity index (χ2v) is 5.62. The summed E-state index contributed by atoms with van der Waals surface area (Å²) in [5.74, 6) is 0.252. The van der Waals surface area contributed by atoms with Crippen LogP contribution in [-0.2, 0) is 15.1 Å². The second kappa shape index (κ2) is 7.41. The van der Waals surface area contributed by atoms with E-state index >= 15 is 0 Å².